The first-order chi connectivity index (χ1) is 7.65. The van der Waals surface area contributed by atoms with E-state index in [0.717, 1.165) is 25.2 Å². The maximum Gasteiger partial charge on any atom is 0.103 e. The molecule has 16 heavy (non-hydrogen) atoms. The summed E-state index contributed by atoms with van der Waals surface area (Å²) in [6.45, 7) is 2.42. The predicted molar refractivity (Wildman–Crippen MR) is 60.7 cm³/mol. The van der Waals surface area contributed by atoms with Crippen LogP contribution in [0.4, 0.5) is 4.39 Å². The van der Waals surface area contributed by atoms with Gasteiger partial charge >= 0.3 is 0 Å². The number of aromatic nitrogens is 2. The van der Waals surface area contributed by atoms with Crippen molar-refractivity contribution in [2.45, 2.75) is 25.1 Å². The predicted octanol–water partition coefficient (Wildman–Crippen LogP) is 0.854. The molecule has 0 amide bonds. The molecule has 0 aromatic carbocycles. The van der Waals surface area contributed by atoms with E-state index in [2.05, 4.69) is 10.00 Å². The Morgan fingerprint density at radius 1 is 1.56 bits per heavy atom. The molecule has 90 valence electrons. The van der Waals surface area contributed by atoms with Crippen LogP contribution in [-0.2, 0) is 7.05 Å². The average Bonchev–Trinajstić information content (AvgIpc) is 2.68. The van der Waals surface area contributed by atoms with Crippen LogP contribution in [-0.4, -0.2) is 40.5 Å². The molecule has 0 aliphatic carbocycles. The van der Waals surface area contributed by atoms with Gasteiger partial charge in [0, 0.05) is 44.5 Å². The molecule has 0 radical (unpaired) electrons. The van der Waals surface area contributed by atoms with Gasteiger partial charge in [-0.1, -0.05) is 0 Å². The first-order valence-corrected chi connectivity index (χ1v) is 5.75. The molecule has 1 fully saturated rings. The van der Waals surface area contributed by atoms with Crippen LogP contribution in [0.5, 0.6) is 0 Å². The molecule has 1 aromatic heterocycles. The molecule has 0 spiro atoms. The quantitative estimate of drug-likeness (QED) is 0.831. The van der Waals surface area contributed by atoms with E-state index in [1.165, 1.54) is 0 Å². The van der Waals surface area contributed by atoms with E-state index in [0.29, 0.717) is 12.8 Å². The zero-order valence-electron chi connectivity index (χ0n) is 9.64. The van der Waals surface area contributed by atoms with Crippen molar-refractivity contribution in [3.63, 3.8) is 0 Å². The van der Waals surface area contributed by atoms with Crippen LogP contribution in [0.3, 0.4) is 0 Å². The highest BCUT2D eigenvalue weighted by molar-refractivity contribution is 5.10. The molecule has 1 aliphatic rings. The molecule has 1 aromatic rings. The largest absolute Gasteiger partial charge is 0.323 e. The van der Waals surface area contributed by atoms with Crippen LogP contribution < -0.4 is 5.73 Å². The van der Waals surface area contributed by atoms with Gasteiger partial charge in [-0.3, -0.25) is 4.68 Å². The fourth-order valence-electron chi connectivity index (χ4n) is 2.10. The van der Waals surface area contributed by atoms with Crippen LogP contribution in [0.25, 0.3) is 0 Å². The molecule has 1 atom stereocenters. The minimum Gasteiger partial charge on any atom is -0.323 e. The van der Waals surface area contributed by atoms with Gasteiger partial charge in [0.2, 0.25) is 0 Å². The number of hydrogen-bond donors (Lipinski definition) is 1. The maximum atomic E-state index is 12.9. The lowest BCUT2D eigenvalue weighted by Gasteiger charge is -2.30. The van der Waals surface area contributed by atoms with E-state index in [1.807, 2.05) is 13.2 Å². The van der Waals surface area contributed by atoms with Gasteiger partial charge in [-0.25, -0.2) is 4.39 Å². The Labute approximate surface area is 95.2 Å². The van der Waals surface area contributed by atoms with E-state index in [4.69, 9.17) is 5.73 Å². The van der Waals surface area contributed by atoms with Crippen molar-refractivity contribution in [2.75, 3.05) is 19.6 Å². The fourth-order valence-corrected chi connectivity index (χ4v) is 2.10. The standard InChI is InChI=1S/C11H19FN4/c1-15-7-9(6-14-15)11(13)8-16-4-2-10(12)3-5-16/h6-7,10-11H,2-5,8,13H2,1H3. The van der Waals surface area contributed by atoms with Crippen LogP contribution in [0.15, 0.2) is 12.4 Å². The highest BCUT2D eigenvalue weighted by Crippen LogP contribution is 2.16. The van der Waals surface area contributed by atoms with Gasteiger partial charge in [0.05, 0.1) is 6.20 Å². The number of halogens is 1. The second-order valence-corrected chi connectivity index (χ2v) is 4.53. The number of likely N-dealkylation sites (tertiary alicyclic amines) is 1. The van der Waals surface area contributed by atoms with E-state index >= 15 is 0 Å². The number of hydrogen-bond acceptors (Lipinski definition) is 3. The van der Waals surface area contributed by atoms with Gasteiger partial charge in [0.1, 0.15) is 6.17 Å². The van der Waals surface area contributed by atoms with Crippen LogP contribution >= 0.6 is 0 Å². The lowest BCUT2D eigenvalue weighted by molar-refractivity contribution is 0.145. The number of nitrogens with zero attached hydrogens (tertiary/aromatic N) is 3. The summed E-state index contributed by atoms with van der Waals surface area (Å²) in [6.07, 6.45) is 4.39. The molecule has 4 nitrogen and oxygen atoms in total. The summed E-state index contributed by atoms with van der Waals surface area (Å²) in [4.78, 5) is 2.23. The molecule has 5 heteroatoms. The lowest BCUT2D eigenvalue weighted by atomic mass is 10.1. The van der Waals surface area contributed by atoms with E-state index in [-0.39, 0.29) is 6.04 Å². The topological polar surface area (TPSA) is 47.1 Å². The van der Waals surface area contributed by atoms with Gasteiger partial charge < -0.3 is 10.6 Å². The normalized spacial score (nSPS) is 21.2. The highest BCUT2D eigenvalue weighted by Gasteiger charge is 2.20. The van der Waals surface area contributed by atoms with E-state index in [1.54, 1.807) is 10.9 Å². The van der Waals surface area contributed by atoms with Gasteiger partial charge in [0.25, 0.3) is 0 Å². The van der Waals surface area contributed by atoms with Crippen molar-refractivity contribution < 1.29 is 4.39 Å². The fraction of sp³-hybridized carbons (Fsp3) is 0.727. The molecule has 1 saturated heterocycles. The number of aryl methyl sites for hydroxylation is 1. The summed E-state index contributed by atoms with van der Waals surface area (Å²) in [5.74, 6) is 0. The zero-order valence-corrected chi connectivity index (χ0v) is 9.64. The van der Waals surface area contributed by atoms with E-state index < -0.39 is 6.17 Å². The average molecular weight is 226 g/mol. The van der Waals surface area contributed by atoms with Crippen molar-refractivity contribution in [1.29, 1.82) is 0 Å². The van der Waals surface area contributed by atoms with Crippen molar-refractivity contribution in [3.05, 3.63) is 18.0 Å². The minimum absolute atomic E-state index is 0.0233. The van der Waals surface area contributed by atoms with Crippen LogP contribution in [0.1, 0.15) is 24.4 Å². The Bertz CT molecular complexity index is 330. The maximum absolute atomic E-state index is 12.9. The second kappa shape index (κ2) is 4.93. The highest BCUT2D eigenvalue weighted by atomic mass is 19.1. The Balaban J connectivity index is 1.85. The molecular formula is C11H19FN4. The smallest absolute Gasteiger partial charge is 0.103 e. The Kier molecular flexibility index (Phi) is 3.56. The Morgan fingerprint density at radius 3 is 2.81 bits per heavy atom. The van der Waals surface area contributed by atoms with Gasteiger partial charge in [-0.2, -0.15) is 5.10 Å². The van der Waals surface area contributed by atoms with Gasteiger partial charge in [0.15, 0.2) is 0 Å². The lowest BCUT2D eigenvalue weighted by Crippen LogP contribution is -2.38. The third-order valence-corrected chi connectivity index (χ3v) is 3.13. The molecule has 1 unspecified atom stereocenters. The van der Waals surface area contributed by atoms with Gasteiger partial charge in [-0.05, 0) is 12.8 Å². The summed E-state index contributed by atoms with van der Waals surface area (Å²) in [6, 6.07) is -0.0233. The molecule has 1 aliphatic heterocycles. The summed E-state index contributed by atoms with van der Waals surface area (Å²) in [7, 11) is 1.88. The second-order valence-electron chi connectivity index (χ2n) is 4.53. The number of nitrogens with two attached hydrogens (primary N) is 1. The van der Waals surface area contributed by atoms with Crippen molar-refractivity contribution in [2.24, 2.45) is 12.8 Å². The first-order valence-electron chi connectivity index (χ1n) is 5.75. The molecule has 0 bridgehead atoms. The number of alkyl halides is 1. The van der Waals surface area contributed by atoms with Crippen LogP contribution in [0, 0.1) is 0 Å². The van der Waals surface area contributed by atoms with Crippen molar-refractivity contribution in [3.8, 4) is 0 Å². The minimum atomic E-state index is -0.620. The summed E-state index contributed by atoms with van der Waals surface area (Å²) in [5, 5.41) is 4.10. The summed E-state index contributed by atoms with van der Waals surface area (Å²) < 4.78 is 14.7. The molecule has 2 N–H and O–H groups in total. The van der Waals surface area contributed by atoms with Gasteiger partial charge in [-0.15, -0.1) is 0 Å². The van der Waals surface area contributed by atoms with E-state index in [9.17, 15) is 4.39 Å². The van der Waals surface area contributed by atoms with Crippen LogP contribution in [0.2, 0.25) is 0 Å². The summed E-state index contributed by atoms with van der Waals surface area (Å²) in [5.41, 5.74) is 7.13. The van der Waals surface area contributed by atoms with Crippen molar-refractivity contribution >= 4 is 0 Å². The number of rotatable bonds is 3. The van der Waals surface area contributed by atoms with Crippen molar-refractivity contribution in [1.82, 2.24) is 14.7 Å². The molecule has 2 heterocycles. The molecular weight excluding hydrogens is 207 g/mol. The Morgan fingerprint density at radius 2 is 2.25 bits per heavy atom. The number of piperidine rings is 1. The first kappa shape index (κ1) is 11.5. The SMILES string of the molecule is Cn1cc(C(N)CN2CCC(F)CC2)cn1. The third-order valence-electron chi connectivity index (χ3n) is 3.13. The monoisotopic (exact) mass is 226 g/mol. The molecule has 2 rings (SSSR count). The zero-order chi connectivity index (χ0) is 11.5. The third kappa shape index (κ3) is 2.80. The Hall–Kier alpha value is -0.940. The summed E-state index contributed by atoms with van der Waals surface area (Å²) >= 11 is 0. The molecule has 0 saturated carbocycles.